The van der Waals surface area contributed by atoms with Crippen molar-refractivity contribution in [1.29, 1.82) is 0 Å². The highest BCUT2D eigenvalue weighted by molar-refractivity contribution is 7.48. The molecular formula is C21H21P. The van der Waals surface area contributed by atoms with Gasteiger partial charge in [-0.1, -0.05) is 99.6 Å². The zero-order valence-electron chi connectivity index (χ0n) is 12.7. The molecule has 0 fully saturated rings. The van der Waals surface area contributed by atoms with Crippen molar-refractivity contribution < 1.29 is 0 Å². The van der Waals surface area contributed by atoms with Crippen LogP contribution < -0.4 is 5.30 Å². The zero-order valence-corrected chi connectivity index (χ0v) is 13.7. The highest BCUT2D eigenvalue weighted by Crippen LogP contribution is 2.26. The van der Waals surface area contributed by atoms with Crippen LogP contribution in [0.25, 0.3) is 0 Å². The van der Waals surface area contributed by atoms with E-state index in [0.717, 1.165) is 21.4 Å². The molecule has 0 heterocycles. The molecule has 22 heavy (non-hydrogen) atoms. The summed E-state index contributed by atoms with van der Waals surface area (Å²) in [6.07, 6.45) is 2.28. The molecule has 0 aliphatic rings. The second kappa shape index (κ2) is 7.92. The van der Waals surface area contributed by atoms with Crippen molar-refractivity contribution in [3.8, 4) is 0 Å². The van der Waals surface area contributed by atoms with Gasteiger partial charge in [0, 0.05) is 0 Å². The van der Waals surface area contributed by atoms with E-state index in [1.165, 1.54) is 16.4 Å². The molecule has 0 radical (unpaired) electrons. The van der Waals surface area contributed by atoms with Crippen molar-refractivity contribution in [3.05, 3.63) is 102 Å². The maximum atomic E-state index is 2.25. The largest absolute Gasteiger partial charge is 0.0865 e. The summed E-state index contributed by atoms with van der Waals surface area (Å²) in [6, 6.07) is 32.6. The highest BCUT2D eigenvalue weighted by atomic mass is 31.1. The third-order valence-corrected chi connectivity index (χ3v) is 5.28. The molecule has 3 aromatic carbocycles. The van der Waals surface area contributed by atoms with Crippen LogP contribution in [-0.4, -0.2) is 5.66 Å². The van der Waals surface area contributed by atoms with Gasteiger partial charge >= 0.3 is 0 Å². The average molecular weight is 304 g/mol. The Morgan fingerprint density at radius 2 is 0.955 bits per heavy atom. The molecule has 0 aliphatic heterocycles. The SMILES string of the molecule is c1ccc(CC(Cc2ccccc2)Pc2ccccc2)cc1. The summed E-state index contributed by atoms with van der Waals surface area (Å²) in [4.78, 5) is 0. The number of benzene rings is 3. The van der Waals surface area contributed by atoms with Crippen molar-refractivity contribution >= 4 is 13.9 Å². The average Bonchev–Trinajstić information content (AvgIpc) is 2.57. The third-order valence-electron chi connectivity index (χ3n) is 3.79. The standard InChI is InChI=1S/C21H21P/c1-4-10-18(11-5-1)16-21(17-19-12-6-2-7-13-19)22-20-14-8-3-9-15-20/h1-15,21-22H,16-17H2. The zero-order chi connectivity index (χ0) is 15.0. The summed E-state index contributed by atoms with van der Waals surface area (Å²) in [5.74, 6) is 0. The highest BCUT2D eigenvalue weighted by Gasteiger charge is 2.11. The van der Waals surface area contributed by atoms with Crippen LogP contribution in [0.3, 0.4) is 0 Å². The number of hydrogen-bond acceptors (Lipinski definition) is 0. The Morgan fingerprint density at radius 1 is 0.545 bits per heavy atom. The summed E-state index contributed by atoms with van der Waals surface area (Å²) >= 11 is 0. The first-order valence-corrected chi connectivity index (χ1v) is 8.87. The van der Waals surface area contributed by atoms with Crippen LogP contribution in [0.2, 0.25) is 0 Å². The molecule has 3 rings (SSSR count). The van der Waals surface area contributed by atoms with Crippen LogP contribution in [0.5, 0.6) is 0 Å². The van der Waals surface area contributed by atoms with Gasteiger partial charge in [-0.25, -0.2) is 0 Å². The van der Waals surface area contributed by atoms with E-state index in [0.29, 0.717) is 5.66 Å². The Balaban J connectivity index is 1.75. The predicted octanol–water partition coefficient (Wildman–Crippen LogP) is 4.84. The Bertz CT molecular complexity index is 563. The molecular weight excluding hydrogens is 283 g/mol. The van der Waals surface area contributed by atoms with Gasteiger partial charge in [0.05, 0.1) is 0 Å². The van der Waals surface area contributed by atoms with Gasteiger partial charge in [0.15, 0.2) is 0 Å². The van der Waals surface area contributed by atoms with Gasteiger partial charge in [0.1, 0.15) is 0 Å². The van der Waals surface area contributed by atoms with E-state index in [1.54, 1.807) is 0 Å². The van der Waals surface area contributed by atoms with Crippen molar-refractivity contribution in [1.82, 2.24) is 0 Å². The van der Waals surface area contributed by atoms with Crippen molar-refractivity contribution in [2.45, 2.75) is 18.5 Å². The topological polar surface area (TPSA) is 0 Å². The Morgan fingerprint density at radius 3 is 1.41 bits per heavy atom. The first kappa shape index (κ1) is 15.0. The Hall–Kier alpha value is -1.91. The van der Waals surface area contributed by atoms with Crippen LogP contribution >= 0.6 is 8.58 Å². The second-order valence-electron chi connectivity index (χ2n) is 5.59. The van der Waals surface area contributed by atoms with Crippen LogP contribution in [-0.2, 0) is 12.8 Å². The fourth-order valence-electron chi connectivity index (χ4n) is 2.74. The minimum absolute atomic E-state index is 0.659. The monoisotopic (exact) mass is 304 g/mol. The lowest BCUT2D eigenvalue weighted by Gasteiger charge is -2.18. The lowest BCUT2D eigenvalue weighted by Crippen LogP contribution is -2.13. The minimum atomic E-state index is 0.659. The minimum Gasteiger partial charge on any atom is -0.0865 e. The fraction of sp³-hybridized carbons (Fsp3) is 0.143. The van der Waals surface area contributed by atoms with Crippen LogP contribution in [0.15, 0.2) is 91.0 Å². The van der Waals surface area contributed by atoms with Crippen LogP contribution in [0.1, 0.15) is 11.1 Å². The molecule has 0 amide bonds. The summed E-state index contributed by atoms with van der Waals surface area (Å²) in [7, 11) is 0.847. The predicted molar refractivity (Wildman–Crippen MR) is 98.5 cm³/mol. The van der Waals surface area contributed by atoms with Gasteiger partial charge in [-0.05, 0) is 34.9 Å². The molecule has 0 N–H and O–H groups in total. The van der Waals surface area contributed by atoms with Crippen molar-refractivity contribution in [2.24, 2.45) is 0 Å². The molecule has 110 valence electrons. The first-order chi connectivity index (χ1) is 10.9. The first-order valence-electron chi connectivity index (χ1n) is 7.79. The molecule has 0 nitrogen and oxygen atoms in total. The van der Waals surface area contributed by atoms with Gasteiger partial charge in [-0.2, -0.15) is 0 Å². The maximum absolute atomic E-state index is 2.25. The molecule has 0 saturated heterocycles. The van der Waals surface area contributed by atoms with E-state index in [9.17, 15) is 0 Å². The van der Waals surface area contributed by atoms with Crippen molar-refractivity contribution in [2.75, 3.05) is 0 Å². The summed E-state index contributed by atoms with van der Waals surface area (Å²) in [5.41, 5.74) is 3.53. The number of hydrogen-bond donors (Lipinski definition) is 0. The normalized spacial score (nSPS) is 11.3. The van der Waals surface area contributed by atoms with E-state index in [2.05, 4.69) is 91.0 Å². The molecule has 0 aromatic heterocycles. The van der Waals surface area contributed by atoms with E-state index < -0.39 is 0 Å². The van der Waals surface area contributed by atoms with Crippen LogP contribution in [0.4, 0.5) is 0 Å². The van der Waals surface area contributed by atoms with Gasteiger partial charge in [0.25, 0.3) is 0 Å². The fourth-order valence-corrected chi connectivity index (χ4v) is 4.27. The third kappa shape index (κ3) is 4.55. The molecule has 0 aliphatic carbocycles. The van der Waals surface area contributed by atoms with Crippen molar-refractivity contribution in [3.63, 3.8) is 0 Å². The lowest BCUT2D eigenvalue weighted by atomic mass is 10.0. The molecule has 3 aromatic rings. The molecule has 0 saturated carbocycles. The maximum Gasteiger partial charge on any atom is -0.0115 e. The Labute approximate surface area is 135 Å². The molecule has 0 spiro atoms. The number of rotatable bonds is 6. The van der Waals surface area contributed by atoms with Gasteiger partial charge in [0.2, 0.25) is 0 Å². The summed E-state index contributed by atoms with van der Waals surface area (Å²) in [5, 5.41) is 1.46. The van der Waals surface area contributed by atoms with Gasteiger partial charge < -0.3 is 0 Å². The quantitative estimate of drug-likeness (QED) is 0.571. The Kier molecular flexibility index (Phi) is 5.40. The molecule has 0 bridgehead atoms. The van der Waals surface area contributed by atoms with E-state index in [-0.39, 0.29) is 0 Å². The summed E-state index contributed by atoms with van der Waals surface area (Å²) in [6.45, 7) is 0. The van der Waals surface area contributed by atoms with Gasteiger partial charge in [-0.3, -0.25) is 0 Å². The van der Waals surface area contributed by atoms with Crippen LogP contribution in [0, 0.1) is 0 Å². The second-order valence-corrected chi connectivity index (χ2v) is 7.27. The van der Waals surface area contributed by atoms with E-state index in [4.69, 9.17) is 0 Å². The summed E-state index contributed by atoms with van der Waals surface area (Å²) < 4.78 is 0. The molecule has 1 atom stereocenters. The smallest absolute Gasteiger partial charge is 0.0115 e. The van der Waals surface area contributed by atoms with Gasteiger partial charge in [-0.15, -0.1) is 0 Å². The van der Waals surface area contributed by atoms with E-state index >= 15 is 0 Å². The molecule has 1 unspecified atom stereocenters. The van der Waals surface area contributed by atoms with E-state index in [1.807, 2.05) is 0 Å². The molecule has 1 heteroatoms. The lowest BCUT2D eigenvalue weighted by molar-refractivity contribution is 0.839.